The van der Waals surface area contributed by atoms with Crippen LogP contribution in [0.25, 0.3) is 0 Å². The zero-order valence-corrected chi connectivity index (χ0v) is 15.7. The smallest absolute Gasteiger partial charge is 0.407 e. The van der Waals surface area contributed by atoms with Crippen LogP contribution in [0.15, 0.2) is 18.2 Å². The van der Waals surface area contributed by atoms with Crippen LogP contribution in [0.4, 0.5) is 16.2 Å². The largest absolute Gasteiger partial charge is 0.444 e. The summed E-state index contributed by atoms with van der Waals surface area (Å²) in [7, 11) is 0. The van der Waals surface area contributed by atoms with Crippen LogP contribution >= 0.6 is 0 Å². The van der Waals surface area contributed by atoms with E-state index < -0.39 is 22.7 Å². The second-order valence-corrected chi connectivity index (χ2v) is 8.06. The molecule has 1 aromatic carbocycles. The van der Waals surface area contributed by atoms with Gasteiger partial charge in [-0.2, -0.15) is 0 Å². The van der Waals surface area contributed by atoms with Gasteiger partial charge in [-0.15, -0.1) is 0 Å². The van der Waals surface area contributed by atoms with Gasteiger partial charge in [0.25, 0.3) is 5.69 Å². The number of amides is 1. The molecule has 0 bridgehead atoms. The molecule has 1 aromatic rings. The van der Waals surface area contributed by atoms with Gasteiger partial charge in [-0.25, -0.2) is 4.79 Å². The summed E-state index contributed by atoms with van der Waals surface area (Å²) < 4.78 is 5.18. The minimum absolute atomic E-state index is 0.0313. The molecule has 1 N–H and O–H groups in total. The van der Waals surface area contributed by atoms with Crippen LogP contribution in [-0.4, -0.2) is 42.0 Å². The minimum Gasteiger partial charge on any atom is -0.444 e. The molecule has 142 valence electrons. The summed E-state index contributed by atoms with van der Waals surface area (Å²) in [6, 6.07) is 4.04. The molecule has 0 aliphatic carbocycles. The van der Waals surface area contributed by atoms with Crippen molar-refractivity contribution in [1.82, 2.24) is 5.32 Å². The maximum atomic E-state index is 11.9. The molecule has 1 aliphatic rings. The molecule has 0 saturated carbocycles. The number of non-ortho nitro benzene ring substituents is 1. The number of fused-ring (bicyclic) bond motifs is 1. The van der Waals surface area contributed by atoms with Crippen LogP contribution in [0.5, 0.6) is 0 Å². The lowest BCUT2D eigenvalue weighted by molar-refractivity contribution is -0.384. The number of nitrogens with zero attached hydrogens (tertiary/aromatic N) is 2. The summed E-state index contributed by atoms with van der Waals surface area (Å²) in [6.07, 6.45) is 0.128. The number of nitro groups is 1. The Morgan fingerprint density at radius 3 is 2.65 bits per heavy atom. The summed E-state index contributed by atoms with van der Waals surface area (Å²) in [5, 5.41) is 13.7. The Bertz CT molecular complexity index is 724. The van der Waals surface area contributed by atoms with E-state index in [0.717, 1.165) is 11.8 Å². The van der Waals surface area contributed by atoms with Gasteiger partial charge < -0.3 is 19.7 Å². The fourth-order valence-corrected chi connectivity index (χ4v) is 3.07. The van der Waals surface area contributed by atoms with Crippen molar-refractivity contribution in [3.05, 3.63) is 33.9 Å². The van der Waals surface area contributed by atoms with Gasteiger partial charge in [0.15, 0.2) is 0 Å². The first-order valence-electron chi connectivity index (χ1n) is 8.42. The lowest BCUT2D eigenvalue weighted by atomic mass is 9.87. The highest BCUT2D eigenvalue weighted by Gasteiger charge is 2.39. The Kier molecular flexibility index (Phi) is 5.25. The normalized spacial score (nSPS) is 16.6. The summed E-state index contributed by atoms with van der Waals surface area (Å²) in [4.78, 5) is 36.0. The van der Waals surface area contributed by atoms with E-state index in [1.807, 2.05) is 13.8 Å². The number of nitrogens with one attached hydrogen (secondary N) is 1. The standard InChI is InChI=1S/C18H25N3O5/c1-17(2,3)26-16(23)19-9-13(10-22)20-11-18(4,5)14-7-6-12(21(24)25)8-15(14)20/h6-8,10,13H,9,11H2,1-5H3,(H,19,23). The molecule has 1 atom stereocenters. The Hall–Kier alpha value is -2.64. The predicted molar refractivity (Wildman–Crippen MR) is 97.6 cm³/mol. The summed E-state index contributed by atoms with van der Waals surface area (Å²) >= 11 is 0. The average molecular weight is 363 g/mol. The molecular formula is C18H25N3O5. The highest BCUT2D eigenvalue weighted by molar-refractivity contribution is 5.75. The van der Waals surface area contributed by atoms with Crippen LogP contribution in [0.3, 0.4) is 0 Å². The molecule has 1 unspecified atom stereocenters. The van der Waals surface area contributed by atoms with Gasteiger partial charge in [-0.1, -0.05) is 13.8 Å². The number of carbonyl (C=O) groups excluding carboxylic acids is 2. The molecule has 1 aliphatic heterocycles. The number of hydrogen-bond acceptors (Lipinski definition) is 6. The van der Waals surface area contributed by atoms with Crippen LogP contribution < -0.4 is 10.2 Å². The van der Waals surface area contributed by atoms with Gasteiger partial charge in [-0.05, 0) is 32.4 Å². The first kappa shape index (κ1) is 19.7. The first-order chi connectivity index (χ1) is 11.9. The van der Waals surface area contributed by atoms with E-state index in [1.54, 1.807) is 31.7 Å². The fourth-order valence-electron chi connectivity index (χ4n) is 3.07. The number of rotatable bonds is 5. The van der Waals surface area contributed by atoms with Gasteiger partial charge in [0.2, 0.25) is 0 Å². The molecule has 8 nitrogen and oxygen atoms in total. The third-order valence-corrected chi connectivity index (χ3v) is 4.21. The maximum Gasteiger partial charge on any atom is 0.407 e. The number of ether oxygens (including phenoxy) is 1. The van der Waals surface area contributed by atoms with Crippen LogP contribution in [0.1, 0.15) is 40.2 Å². The van der Waals surface area contributed by atoms with E-state index in [1.165, 1.54) is 12.1 Å². The van der Waals surface area contributed by atoms with Crippen molar-refractivity contribution in [3.63, 3.8) is 0 Å². The van der Waals surface area contributed by atoms with E-state index in [2.05, 4.69) is 5.32 Å². The Labute approximate surface area is 152 Å². The number of benzene rings is 1. The van der Waals surface area contributed by atoms with Gasteiger partial charge in [-0.3, -0.25) is 10.1 Å². The van der Waals surface area contributed by atoms with Crippen molar-refractivity contribution in [2.24, 2.45) is 0 Å². The third kappa shape index (κ3) is 4.30. The second kappa shape index (κ2) is 6.93. The van der Waals surface area contributed by atoms with Gasteiger partial charge in [0, 0.05) is 36.3 Å². The summed E-state index contributed by atoms with van der Waals surface area (Å²) in [5.74, 6) is 0. The van der Waals surface area contributed by atoms with Crippen molar-refractivity contribution in [3.8, 4) is 0 Å². The topological polar surface area (TPSA) is 102 Å². The molecule has 1 heterocycles. The zero-order chi connectivity index (χ0) is 19.7. The molecule has 0 spiro atoms. The molecular weight excluding hydrogens is 338 g/mol. The average Bonchev–Trinajstić information content (AvgIpc) is 2.77. The molecule has 0 aromatic heterocycles. The van der Waals surface area contributed by atoms with Gasteiger partial charge in [0.05, 0.1) is 4.92 Å². The third-order valence-electron chi connectivity index (χ3n) is 4.21. The Morgan fingerprint density at radius 2 is 2.12 bits per heavy atom. The zero-order valence-electron chi connectivity index (χ0n) is 15.7. The Balaban J connectivity index is 2.22. The highest BCUT2D eigenvalue weighted by Crippen LogP contribution is 2.42. The van der Waals surface area contributed by atoms with E-state index in [0.29, 0.717) is 12.2 Å². The number of hydrogen-bond donors (Lipinski definition) is 1. The van der Waals surface area contributed by atoms with Crippen molar-refractivity contribution in [2.75, 3.05) is 18.0 Å². The number of alkyl carbamates (subject to hydrolysis) is 1. The van der Waals surface area contributed by atoms with Gasteiger partial charge in [0.1, 0.15) is 17.9 Å². The minimum atomic E-state index is -0.648. The molecule has 0 radical (unpaired) electrons. The van der Waals surface area contributed by atoms with Crippen molar-refractivity contribution in [2.45, 2.75) is 51.7 Å². The number of anilines is 1. The lowest BCUT2D eigenvalue weighted by Gasteiger charge is -2.28. The van der Waals surface area contributed by atoms with Gasteiger partial charge >= 0.3 is 6.09 Å². The van der Waals surface area contributed by atoms with Crippen LogP contribution in [0.2, 0.25) is 0 Å². The van der Waals surface area contributed by atoms with Crippen molar-refractivity contribution in [1.29, 1.82) is 0 Å². The molecule has 2 rings (SSSR count). The SMILES string of the molecule is CC(C)(C)OC(=O)NCC(C=O)N1CC(C)(C)c2ccc([N+](=O)[O-])cc21. The molecule has 0 saturated heterocycles. The molecule has 8 heteroatoms. The van der Waals surface area contributed by atoms with Crippen molar-refractivity contribution >= 4 is 23.8 Å². The number of nitro benzene ring substituents is 1. The van der Waals surface area contributed by atoms with E-state index in [-0.39, 0.29) is 17.6 Å². The quantitative estimate of drug-likeness (QED) is 0.490. The second-order valence-electron chi connectivity index (χ2n) is 8.06. The summed E-state index contributed by atoms with van der Waals surface area (Å²) in [6.45, 7) is 9.85. The number of carbonyl (C=O) groups is 2. The number of aldehydes is 1. The van der Waals surface area contributed by atoms with Crippen LogP contribution in [-0.2, 0) is 14.9 Å². The lowest BCUT2D eigenvalue weighted by Crippen LogP contribution is -2.47. The van der Waals surface area contributed by atoms with E-state index in [4.69, 9.17) is 4.74 Å². The monoisotopic (exact) mass is 363 g/mol. The highest BCUT2D eigenvalue weighted by atomic mass is 16.6. The molecule has 26 heavy (non-hydrogen) atoms. The van der Waals surface area contributed by atoms with Crippen LogP contribution in [0, 0.1) is 10.1 Å². The fraction of sp³-hybridized carbons (Fsp3) is 0.556. The summed E-state index contributed by atoms with van der Waals surface area (Å²) in [5.41, 5.74) is 0.650. The first-order valence-corrected chi connectivity index (χ1v) is 8.42. The predicted octanol–water partition coefficient (Wildman–Crippen LogP) is 2.78. The van der Waals surface area contributed by atoms with E-state index >= 15 is 0 Å². The molecule has 0 fully saturated rings. The van der Waals surface area contributed by atoms with Crippen molar-refractivity contribution < 1.29 is 19.2 Å². The van der Waals surface area contributed by atoms with E-state index in [9.17, 15) is 19.7 Å². The Morgan fingerprint density at radius 1 is 1.46 bits per heavy atom. The maximum absolute atomic E-state index is 11.9. The molecule has 1 amide bonds.